The zero-order chi connectivity index (χ0) is 27.3. The number of thiazole rings is 1. The molecule has 202 valence electrons. The lowest BCUT2D eigenvalue weighted by Gasteiger charge is -2.39. The van der Waals surface area contributed by atoms with E-state index < -0.39 is 49.1 Å². The van der Waals surface area contributed by atoms with Crippen LogP contribution in [0.3, 0.4) is 0 Å². The van der Waals surface area contributed by atoms with Gasteiger partial charge in [-0.2, -0.15) is 0 Å². The van der Waals surface area contributed by atoms with Gasteiger partial charge >= 0.3 is 11.9 Å². The maximum absolute atomic E-state index is 14.4. The Morgan fingerprint density at radius 2 is 2.19 bits per heavy atom. The highest BCUT2D eigenvalue weighted by Gasteiger charge is 2.44. The predicted octanol–water partition coefficient (Wildman–Crippen LogP) is 4.29. The van der Waals surface area contributed by atoms with Crippen molar-refractivity contribution in [3.63, 3.8) is 0 Å². The molecule has 0 aromatic carbocycles. The quantitative estimate of drug-likeness (QED) is 0.343. The van der Waals surface area contributed by atoms with E-state index in [0.717, 1.165) is 4.90 Å². The molecule has 0 spiro atoms. The number of hydrogen-bond acceptors (Lipinski definition) is 8. The molecule has 3 atom stereocenters. The molecule has 0 aliphatic carbocycles. The number of nitrogens with one attached hydrogen (secondary N) is 1. The highest BCUT2D eigenvalue weighted by atomic mass is 35.5. The zero-order valence-electron chi connectivity index (χ0n) is 20.5. The van der Waals surface area contributed by atoms with Crippen LogP contribution in [0.25, 0.3) is 0 Å². The van der Waals surface area contributed by atoms with Gasteiger partial charge in [0.2, 0.25) is 0 Å². The van der Waals surface area contributed by atoms with E-state index in [1.165, 1.54) is 30.5 Å². The number of carboxylic acids is 1. The number of aliphatic carboxylic acids is 1. The summed E-state index contributed by atoms with van der Waals surface area (Å²) in [5, 5.41) is 14.6. The van der Waals surface area contributed by atoms with Gasteiger partial charge < -0.3 is 15.2 Å². The lowest BCUT2D eigenvalue weighted by Crippen LogP contribution is -2.54. The molecule has 1 aromatic rings. The van der Waals surface area contributed by atoms with Crippen LogP contribution in [0.1, 0.15) is 38.6 Å². The van der Waals surface area contributed by atoms with Crippen LogP contribution in [0.15, 0.2) is 50.6 Å². The molecule has 1 aromatic heterocycles. The summed E-state index contributed by atoms with van der Waals surface area (Å²) in [5.41, 5.74) is 0.201. The van der Waals surface area contributed by atoms with Crippen molar-refractivity contribution in [2.45, 2.75) is 57.8 Å². The smallest absolute Gasteiger partial charge is 0.338 e. The van der Waals surface area contributed by atoms with Gasteiger partial charge in [-0.3, -0.25) is 14.7 Å². The number of rotatable bonds is 9. The first-order chi connectivity index (χ1) is 17.5. The number of piperidine rings is 1. The highest BCUT2D eigenvalue weighted by Crippen LogP contribution is 2.34. The average Bonchev–Trinajstić information content (AvgIpc) is 3.36. The molecule has 3 rings (SSSR count). The minimum absolute atomic E-state index is 0.000825. The van der Waals surface area contributed by atoms with Gasteiger partial charge in [0, 0.05) is 30.2 Å². The summed E-state index contributed by atoms with van der Waals surface area (Å²) in [7, 11) is 0. The first-order valence-electron chi connectivity index (χ1n) is 11.6. The number of nitrogens with zero attached hydrogens (tertiary/aromatic N) is 3. The monoisotopic (exact) mass is 560 g/mol. The van der Waals surface area contributed by atoms with E-state index in [1.807, 2.05) is 0 Å². The number of hydrogen-bond donors (Lipinski definition) is 2. The summed E-state index contributed by atoms with van der Waals surface area (Å²) in [6.45, 7) is 3.34. The van der Waals surface area contributed by atoms with Crippen LogP contribution in [0.4, 0.5) is 13.2 Å². The number of allylic oxidation sites excluding steroid dienone is 2. The predicted molar refractivity (Wildman–Crippen MR) is 135 cm³/mol. The van der Waals surface area contributed by atoms with Gasteiger partial charge in [0.15, 0.2) is 10.8 Å². The Morgan fingerprint density at radius 3 is 2.76 bits per heavy atom. The summed E-state index contributed by atoms with van der Waals surface area (Å²) >= 11 is 7.58. The molecule has 1 fully saturated rings. The van der Waals surface area contributed by atoms with E-state index in [0.29, 0.717) is 5.01 Å². The van der Waals surface area contributed by atoms with E-state index >= 15 is 0 Å². The van der Waals surface area contributed by atoms with E-state index in [4.69, 9.17) is 16.3 Å². The Bertz CT molecular complexity index is 1140. The summed E-state index contributed by atoms with van der Waals surface area (Å²) in [6.07, 6.45) is 2.23. The summed E-state index contributed by atoms with van der Waals surface area (Å²) < 4.78 is 48.3. The fourth-order valence-electron chi connectivity index (χ4n) is 4.22. The minimum Gasteiger partial charge on any atom is -0.480 e. The Hall–Kier alpha value is -2.70. The Balaban J connectivity index is 2.22. The second kappa shape index (κ2) is 12.2. The lowest BCUT2D eigenvalue weighted by molar-refractivity contribution is -0.151. The van der Waals surface area contributed by atoms with E-state index in [9.17, 15) is 27.9 Å². The van der Waals surface area contributed by atoms with Gasteiger partial charge in [-0.1, -0.05) is 23.8 Å². The van der Waals surface area contributed by atoms with E-state index in [2.05, 4.69) is 15.3 Å². The minimum atomic E-state index is -3.11. The zero-order valence-corrected chi connectivity index (χ0v) is 22.1. The molecule has 0 saturated carbocycles. The second-order valence-corrected chi connectivity index (χ2v) is 9.83. The second-order valence-electron chi connectivity index (χ2n) is 8.53. The number of amidine groups is 1. The number of likely N-dealkylation sites (tertiary alicyclic amines) is 1. The van der Waals surface area contributed by atoms with Gasteiger partial charge in [-0.25, -0.2) is 22.9 Å². The van der Waals surface area contributed by atoms with Gasteiger partial charge in [0.1, 0.15) is 18.3 Å². The normalized spacial score (nSPS) is 23.8. The molecular weight excluding hydrogens is 533 g/mol. The molecule has 8 nitrogen and oxygen atoms in total. The van der Waals surface area contributed by atoms with Crippen LogP contribution in [0.5, 0.6) is 0 Å². The Labute approximate surface area is 221 Å². The third kappa shape index (κ3) is 6.79. The van der Waals surface area contributed by atoms with Crippen molar-refractivity contribution in [3.8, 4) is 0 Å². The molecular formula is C24H28ClF3N4O4S. The molecule has 37 heavy (non-hydrogen) atoms. The van der Waals surface area contributed by atoms with Gasteiger partial charge in [0.05, 0.1) is 23.8 Å². The molecule has 0 bridgehead atoms. The SMILES string of the molecule is C/C=C\C(=C(\Cl)C(C)F)C1N=C(c2nccs2)NC(CN2CC(F)(F)CC[C@H]2C(=O)O)=C1C(=O)OCC. The molecule has 2 aliphatic heterocycles. The third-order valence-electron chi connectivity index (χ3n) is 5.83. The molecule has 0 amide bonds. The highest BCUT2D eigenvalue weighted by molar-refractivity contribution is 7.11. The molecule has 2 unspecified atom stereocenters. The van der Waals surface area contributed by atoms with Crippen LogP contribution in [0, 0.1) is 0 Å². The van der Waals surface area contributed by atoms with Gasteiger partial charge in [-0.15, -0.1) is 11.3 Å². The molecule has 2 aliphatic rings. The Kier molecular flexibility index (Phi) is 9.54. The van der Waals surface area contributed by atoms with Gasteiger partial charge in [-0.05, 0) is 32.8 Å². The van der Waals surface area contributed by atoms with Crippen LogP contribution < -0.4 is 5.32 Å². The maximum Gasteiger partial charge on any atom is 0.338 e. The van der Waals surface area contributed by atoms with Crippen LogP contribution in [0.2, 0.25) is 0 Å². The van der Waals surface area contributed by atoms with Gasteiger partial charge in [0.25, 0.3) is 5.92 Å². The molecule has 13 heteroatoms. The van der Waals surface area contributed by atoms with Crippen molar-refractivity contribution >= 4 is 40.7 Å². The van der Waals surface area contributed by atoms with Crippen LogP contribution in [-0.2, 0) is 14.3 Å². The average molecular weight is 561 g/mol. The number of carboxylic acid groups (broad SMARTS) is 1. The number of carbonyl (C=O) groups excluding carboxylic acids is 1. The topological polar surface area (TPSA) is 104 Å². The van der Waals surface area contributed by atoms with Crippen LogP contribution in [-0.4, -0.2) is 76.6 Å². The largest absolute Gasteiger partial charge is 0.480 e. The first-order valence-corrected chi connectivity index (χ1v) is 12.9. The lowest BCUT2D eigenvalue weighted by atomic mass is 9.92. The number of ether oxygens (including phenoxy) is 1. The van der Waals surface area contributed by atoms with E-state index in [1.54, 1.807) is 25.3 Å². The maximum atomic E-state index is 14.4. The molecule has 1 saturated heterocycles. The van der Waals surface area contributed by atoms with Crippen molar-refractivity contribution in [1.29, 1.82) is 0 Å². The van der Waals surface area contributed by atoms with Crippen molar-refractivity contribution in [2.75, 3.05) is 19.7 Å². The number of aliphatic imine (C=N–C) groups is 1. The van der Waals surface area contributed by atoms with Crippen molar-refractivity contribution in [2.24, 2.45) is 4.99 Å². The van der Waals surface area contributed by atoms with Crippen molar-refractivity contribution in [3.05, 3.63) is 50.6 Å². The fourth-order valence-corrected chi connectivity index (χ4v) is 4.97. The summed E-state index contributed by atoms with van der Waals surface area (Å²) in [5.74, 6) is -4.97. The number of halogens is 4. The summed E-state index contributed by atoms with van der Waals surface area (Å²) in [4.78, 5) is 35.1. The Morgan fingerprint density at radius 1 is 1.46 bits per heavy atom. The first kappa shape index (κ1) is 28.9. The van der Waals surface area contributed by atoms with Crippen molar-refractivity contribution < 1.29 is 32.6 Å². The number of aromatic nitrogens is 1. The van der Waals surface area contributed by atoms with Crippen molar-refractivity contribution in [1.82, 2.24) is 15.2 Å². The molecule has 3 heterocycles. The standard InChI is InChI=1S/C24H28ClF3N4O4S/c1-4-6-14(18(25)13(3)26)19-17(23(35)36-5-2)15(30-20(31-19)21-29-9-10-37-21)11-32-12-24(27,28)8-7-16(32)22(33)34/h4,6,9-10,13,16,19H,5,7-8,11-12H2,1-3H3,(H,30,31)(H,33,34)/b6-4-,18-14-/t13?,16-,19?/m0/s1. The molecule has 0 radical (unpaired) electrons. The molecule has 2 N–H and O–H groups in total. The summed E-state index contributed by atoms with van der Waals surface area (Å²) in [6, 6.07) is -2.36. The third-order valence-corrected chi connectivity index (χ3v) is 7.13. The van der Waals surface area contributed by atoms with E-state index in [-0.39, 0.29) is 47.3 Å². The fraction of sp³-hybridized carbons (Fsp3) is 0.500. The number of carbonyl (C=O) groups is 2. The number of alkyl halides is 3. The number of esters is 1. The van der Waals surface area contributed by atoms with Crippen LogP contribution >= 0.6 is 22.9 Å².